The second kappa shape index (κ2) is 6.20. The molecule has 8 bridgehead atoms. The summed E-state index contributed by atoms with van der Waals surface area (Å²) in [5.41, 5.74) is 13.7. The van der Waals surface area contributed by atoms with Gasteiger partial charge in [-0.3, -0.25) is 0 Å². The van der Waals surface area contributed by atoms with E-state index in [4.69, 9.17) is 9.98 Å². The maximum absolute atomic E-state index is 4.90. The summed E-state index contributed by atoms with van der Waals surface area (Å²) in [4.78, 5) is 13.2. The van der Waals surface area contributed by atoms with Gasteiger partial charge in [0.15, 0.2) is 0 Å². The van der Waals surface area contributed by atoms with Gasteiger partial charge in [-0.05, 0) is 93.2 Å². The van der Waals surface area contributed by atoms with Crippen molar-refractivity contribution in [1.29, 1.82) is 0 Å². The minimum absolute atomic E-state index is 0.990. The molecule has 140 valence electrons. The van der Waals surface area contributed by atoms with Crippen LogP contribution in [0.5, 0.6) is 0 Å². The molecule has 0 saturated carbocycles. The fraction of sp³-hybridized carbons (Fsp3) is 0.250. The number of aliphatic imine (C=N–C) groups is 2. The van der Waals surface area contributed by atoms with Crippen LogP contribution >= 0.6 is 0 Å². The van der Waals surface area contributed by atoms with E-state index in [9.17, 15) is 0 Å². The Morgan fingerprint density at radius 3 is 2.04 bits per heavy atom. The molecule has 4 heteroatoms. The van der Waals surface area contributed by atoms with Gasteiger partial charge in [0.05, 0.1) is 22.8 Å². The van der Waals surface area contributed by atoms with Crippen LogP contribution in [0, 0.1) is 0 Å². The number of fused-ring (bicyclic) bond motifs is 6. The monoisotopic (exact) mass is 368 g/mol. The van der Waals surface area contributed by atoms with Crippen molar-refractivity contribution in [3.63, 3.8) is 0 Å². The van der Waals surface area contributed by atoms with Crippen LogP contribution < -0.4 is 5.32 Å². The van der Waals surface area contributed by atoms with Crippen molar-refractivity contribution in [2.24, 2.45) is 9.98 Å². The molecule has 0 spiro atoms. The number of nitrogens with zero attached hydrogens (tertiary/aromatic N) is 2. The van der Waals surface area contributed by atoms with E-state index in [0.717, 1.165) is 46.9 Å². The SMILES string of the molecule is CC1=C2C=CC(=N2)C(C)=C2CCC(=C(C)c3cc(c[nH]3)C(C)=C3C=CC1=N3)N2. The molecule has 4 nitrogen and oxygen atoms in total. The molecule has 4 aliphatic rings. The molecule has 1 aromatic rings. The Hall–Kier alpha value is -3.14. The minimum Gasteiger partial charge on any atom is -0.362 e. The Labute approximate surface area is 165 Å². The Balaban J connectivity index is 1.74. The third-order valence-electron chi connectivity index (χ3n) is 6.17. The van der Waals surface area contributed by atoms with Crippen molar-refractivity contribution < 1.29 is 0 Å². The van der Waals surface area contributed by atoms with Gasteiger partial charge in [0, 0.05) is 28.9 Å². The highest BCUT2D eigenvalue weighted by atomic mass is 14.9. The van der Waals surface area contributed by atoms with Crippen LogP contribution in [0.1, 0.15) is 51.8 Å². The first-order chi connectivity index (χ1) is 13.5. The fourth-order valence-electron chi connectivity index (χ4n) is 4.10. The van der Waals surface area contributed by atoms with Crippen molar-refractivity contribution >= 4 is 22.6 Å². The van der Waals surface area contributed by atoms with Crippen molar-refractivity contribution in [3.8, 4) is 0 Å². The number of hydrogen-bond acceptors (Lipinski definition) is 3. The predicted octanol–water partition coefficient (Wildman–Crippen LogP) is 5.44. The Bertz CT molecular complexity index is 1150. The van der Waals surface area contributed by atoms with Crippen LogP contribution in [-0.4, -0.2) is 16.4 Å². The Morgan fingerprint density at radius 1 is 0.714 bits per heavy atom. The van der Waals surface area contributed by atoms with Gasteiger partial charge < -0.3 is 10.3 Å². The lowest BCUT2D eigenvalue weighted by Crippen LogP contribution is -2.09. The summed E-state index contributed by atoms with van der Waals surface area (Å²) in [6.07, 6.45) is 12.6. The lowest BCUT2D eigenvalue weighted by molar-refractivity contribution is 1.03. The molecule has 5 rings (SSSR count). The van der Waals surface area contributed by atoms with Gasteiger partial charge in [0.25, 0.3) is 0 Å². The average molecular weight is 368 g/mol. The lowest BCUT2D eigenvalue weighted by Gasteiger charge is -2.09. The highest BCUT2D eigenvalue weighted by Gasteiger charge is 2.22. The molecule has 1 saturated heterocycles. The van der Waals surface area contributed by atoms with Gasteiger partial charge >= 0.3 is 0 Å². The minimum atomic E-state index is 0.990. The summed E-state index contributed by atoms with van der Waals surface area (Å²) in [6.45, 7) is 8.59. The molecule has 28 heavy (non-hydrogen) atoms. The van der Waals surface area contributed by atoms with Crippen molar-refractivity contribution in [1.82, 2.24) is 10.3 Å². The van der Waals surface area contributed by atoms with Crippen molar-refractivity contribution in [2.75, 3.05) is 0 Å². The Morgan fingerprint density at radius 2 is 1.32 bits per heavy atom. The maximum atomic E-state index is 4.90. The molecule has 0 aliphatic carbocycles. The first kappa shape index (κ1) is 17.0. The molecule has 1 aromatic heterocycles. The third-order valence-corrected chi connectivity index (χ3v) is 6.17. The van der Waals surface area contributed by atoms with Gasteiger partial charge in [-0.25, -0.2) is 9.98 Å². The summed E-state index contributed by atoms with van der Waals surface area (Å²) in [7, 11) is 0. The van der Waals surface area contributed by atoms with Gasteiger partial charge in [-0.1, -0.05) is 0 Å². The normalized spacial score (nSPS) is 21.1. The van der Waals surface area contributed by atoms with Crippen LogP contribution in [0.3, 0.4) is 0 Å². The third kappa shape index (κ3) is 2.60. The smallest absolute Gasteiger partial charge is 0.0688 e. The molecule has 0 unspecified atom stereocenters. The van der Waals surface area contributed by atoms with Crippen LogP contribution in [0.2, 0.25) is 0 Å². The summed E-state index contributed by atoms with van der Waals surface area (Å²) < 4.78 is 0. The van der Waals surface area contributed by atoms with E-state index in [-0.39, 0.29) is 0 Å². The van der Waals surface area contributed by atoms with E-state index in [2.05, 4.69) is 74.6 Å². The lowest BCUT2D eigenvalue weighted by atomic mass is 10.1. The zero-order valence-electron chi connectivity index (χ0n) is 16.8. The predicted molar refractivity (Wildman–Crippen MR) is 117 cm³/mol. The van der Waals surface area contributed by atoms with Crippen molar-refractivity contribution in [2.45, 2.75) is 40.5 Å². The van der Waals surface area contributed by atoms with E-state index >= 15 is 0 Å². The standard InChI is InChI=1S/C24H24N4/c1-13-17-11-24(25-12-17)16(4)23-10-9-22(28-23)15(3)21-8-7-20(27-21)14(2)19-6-5-18(13)26-19/h5-8,11-12,25,28H,9-10H2,1-4H3. The highest BCUT2D eigenvalue weighted by Crippen LogP contribution is 2.32. The number of aromatic nitrogens is 1. The van der Waals surface area contributed by atoms with Crippen LogP contribution in [0.4, 0.5) is 0 Å². The molecular formula is C24H24N4. The highest BCUT2D eigenvalue weighted by molar-refractivity contribution is 6.15. The molecule has 0 radical (unpaired) electrons. The number of nitrogens with one attached hydrogen (secondary N) is 2. The molecule has 2 N–H and O–H groups in total. The molecule has 0 aromatic carbocycles. The zero-order valence-corrected chi connectivity index (χ0v) is 16.8. The van der Waals surface area contributed by atoms with Crippen LogP contribution in [0.25, 0.3) is 11.1 Å². The van der Waals surface area contributed by atoms with E-state index in [1.807, 2.05) is 0 Å². The molecule has 1 fully saturated rings. The zero-order chi connectivity index (χ0) is 19.4. The molecule has 0 amide bonds. The first-order valence-corrected chi connectivity index (χ1v) is 9.83. The average Bonchev–Trinajstić information content (AvgIpc) is 3.49. The number of hydrogen-bond donors (Lipinski definition) is 2. The van der Waals surface area contributed by atoms with Gasteiger partial charge in [0.1, 0.15) is 0 Å². The second-order valence-corrected chi connectivity index (χ2v) is 7.82. The maximum Gasteiger partial charge on any atom is 0.0688 e. The summed E-state index contributed by atoms with van der Waals surface area (Å²) >= 11 is 0. The molecule has 0 atom stereocenters. The summed E-state index contributed by atoms with van der Waals surface area (Å²) in [5, 5.41) is 3.67. The van der Waals surface area contributed by atoms with Crippen LogP contribution in [-0.2, 0) is 0 Å². The fourth-order valence-corrected chi connectivity index (χ4v) is 4.10. The van der Waals surface area contributed by atoms with E-state index < -0.39 is 0 Å². The topological polar surface area (TPSA) is 52.5 Å². The molecular weight excluding hydrogens is 344 g/mol. The number of rotatable bonds is 0. The molecule has 4 aliphatic heterocycles. The molecule has 5 heterocycles. The quantitative estimate of drug-likeness (QED) is 0.629. The van der Waals surface area contributed by atoms with E-state index in [1.165, 1.54) is 33.7 Å². The Kier molecular flexibility index (Phi) is 3.76. The van der Waals surface area contributed by atoms with E-state index in [1.54, 1.807) is 0 Å². The number of aromatic amines is 1. The second-order valence-electron chi connectivity index (χ2n) is 7.82. The van der Waals surface area contributed by atoms with Gasteiger partial charge in [-0.2, -0.15) is 0 Å². The summed E-state index contributed by atoms with van der Waals surface area (Å²) in [5.74, 6) is 0. The van der Waals surface area contributed by atoms with Crippen LogP contribution in [0.15, 0.2) is 80.5 Å². The number of allylic oxidation sites excluding steroid dienone is 10. The first-order valence-electron chi connectivity index (χ1n) is 9.83. The van der Waals surface area contributed by atoms with Crippen molar-refractivity contribution in [3.05, 3.63) is 81.8 Å². The van der Waals surface area contributed by atoms with Gasteiger partial charge in [-0.15, -0.1) is 0 Å². The van der Waals surface area contributed by atoms with Gasteiger partial charge in [0.2, 0.25) is 0 Å². The summed E-state index contributed by atoms with van der Waals surface area (Å²) in [6, 6.07) is 2.23. The largest absolute Gasteiger partial charge is 0.362 e. The number of H-pyrrole nitrogens is 1. The van der Waals surface area contributed by atoms with E-state index in [0.29, 0.717) is 0 Å².